The molecule has 0 heterocycles. The maximum atomic E-state index is 12.9. The van der Waals surface area contributed by atoms with Gasteiger partial charge in [0.2, 0.25) is 17.7 Å². The van der Waals surface area contributed by atoms with Gasteiger partial charge in [-0.25, -0.2) is 0 Å². The Labute approximate surface area is 173 Å². The van der Waals surface area contributed by atoms with Crippen molar-refractivity contribution in [2.75, 3.05) is 0 Å². The molecule has 0 aliphatic carbocycles. The Bertz CT molecular complexity index is 579. The van der Waals surface area contributed by atoms with Crippen LogP contribution < -0.4 is 21.7 Å². The van der Waals surface area contributed by atoms with Crippen LogP contribution in [0, 0.1) is 17.8 Å². The van der Waals surface area contributed by atoms with Crippen molar-refractivity contribution >= 4 is 23.7 Å². The minimum Gasteiger partial charge on any atom is -0.480 e. The first kappa shape index (κ1) is 26.8. The van der Waals surface area contributed by atoms with E-state index in [9.17, 15) is 19.2 Å². The number of amides is 3. The largest absolute Gasteiger partial charge is 0.480 e. The van der Waals surface area contributed by atoms with Crippen molar-refractivity contribution in [3.8, 4) is 0 Å². The molecule has 5 unspecified atom stereocenters. The Morgan fingerprint density at radius 2 is 1.41 bits per heavy atom. The molecule has 6 N–H and O–H groups in total. The van der Waals surface area contributed by atoms with E-state index in [1.807, 2.05) is 27.7 Å². The summed E-state index contributed by atoms with van der Waals surface area (Å²) in [6, 6.07) is -3.59. The molecule has 0 radical (unpaired) electrons. The molecule has 0 aromatic carbocycles. The molecule has 168 valence electrons. The van der Waals surface area contributed by atoms with Crippen molar-refractivity contribution in [3.63, 3.8) is 0 Å². The first-order chi connectivity index (χ1) is 13.3. The zero-order valence-electron chi connectivity index (χ0n) is 18.6. The smallest absolute Gasteiger partial charge is 0.325 e. The number of nitrogens with two attached hydrogens (primary N) is 1. The van der Waals surface area contributed by atoms with Crippen molar-refractivity contribution in [3.05, 3.63) is 0 Å². The van der Waals surface area contributed by atoms with E-state index in [2.05, 4.69) is 16.0 Å². The minimum absolute atomic E-state index is 0.0375. The number of nitrogens with one attached hydrogen (secondary N) is 3. The van der Waals surface area contributed by atoms with Gasteiger partial charge >= 0.3 is 5.97 Å². The highest BCUT2D eigenvalue weighted by Crippen LogP contribution is 2.10. The van der Waals surface area contributed by atoms with Crippen molar-refractivity contribution < 1.29 is 24.3 Å². The molecule has 5 atom stereocenters. The number of carbonyl (C=O) groups is 4. The zero-order valence-corrected chi connectivity index (χ0v) is 18.6. The van der Waals surface area contributed by atoms with Gasteiger partial charge in [-0.1, -0.05) is 48.0 Å². The molecule has 3 amide bonds. The Morgan fingerprint density at radius 3 is 1.83 bits per heavy atom. The van der Waals surface area contributed by atoms with Gasteiger partial charge in [0.1, 0.15) is 18.1 Å². The highest BCUT2D eigenvalue weighted by molar-refractivity contribution is 5.94. The van der Waals surface area contributed by atoms with E-state index in [1.165, 1.54) is 6.92 Å². The summed E-state index contributed by atoms with van der Waals surface area (Å²) in [6.07, 6.45) is 1.11. The monoisotopic (exact) mass is 414 g/mol. The van der Waals surface area contributed by atoms with Gasteiger partial charge < -0.3 is 26.8 Å². The van der Waals surface area contributed by atoms with E-state index < -0.39 is 47.9 Å². The lowest BCUT2D eigenvalue weighted by Crippen LogP contribution is -2.58. The Hall–Kier alpha value is -2.16. The SMILES string of the molecule is CCC(C)C(N)C(=O)NC(CC(C)C)C(=O)NC(C(=O)NC(C)C(=O)O)C(C)C. The number of aliphatic carboxylic acids is 1. The fourth-order valence-electron chi connectivity index (χ4n) is 2.64. The molecular weight excluding hydrogens is 376 g/mol. The van der Waals surface area contributed by atoms with Crippen LogP contribution in [0.1, 0.15) is 61.3 Å². The average Bonchev–Trinajstić information content (AvgIpc) is 2.62. The van der Waals surface area contributed by atoms with Gasteiger partial charge in [0.25, 0.3) is 0 Å². The normalized spacial score (nSPS) is 16.5. The molecule has 0 spiro atoms. The van der Waals surface area contributed by atoms with Gasteiger partial charge in [0.15, 0.2) is 0 Å². The predicted molar refractivity (Wildman–Crippen MR) is 111 cm³/mol. The van der Waals surface area contributed by atoms with E-state index >= 15 is 0 Å². The Balaban J connectivity index is 5.32. The van der Waals surface area contributed by atoms with Crippen molar-refractivity contribution in [2.45, 2.75) is 85.5 Å². The van der Waals surface area contributed by atoms with E-state index in [1.54, 1.807) is 13.8 Å². The van der Waals surface area contributed by atoms with Crippen LogP contribution in [0.4, 0.5) is 0 Å². The summed E-state index contributed by atoms with van der Waals surface area (Å²) in [5.74, 6) is -2.87. The molecule has 9 heteroatoms. The van der Waals surface area contributed by atoms with E-state index in [4.69, 9.17) is 10.8 Å². The number of carboxylic acids is 1. The van der Waals surface area contributed by atoms with Crippen molar-refractivity contribution in [1.82, 2.24) is 16.0 Å². The highest BCUT2D eigenvalue weighted by atomic mass is 16.4. The molecule has 0 aliphatic rings. The molecule has 0 aromatic rings. The lowest BCUT2D eigenvalue weighted by atomic mass is 9.97. The van der Waals surface area contributed by atoms with Crippen LogP contribution in [0.15, 0.2) is 0 Å². The van der Waals surface area contributed by atoms with Gasteiger partial charge in [-0.2, -0.15) is 0 Å². The highest BCUT2D eigenvalue weighted by Gasteiger charge is 2.31. The van der Waals surface area contributed by atoms with Crippen LogP contribution in [0.25, 0.3) is 0 Å². The molecule has 0 aromatic heterocycles. The number of hydrogen-bond donors (Lipinski definition) is 5. The van der Waals surface area contributed by atoms with Crippen LogP contribution in [0.3, 0.4) is 0 Å². The summed E-state index contributed by atoms with van der Waals surface area (Å²) in [5.41, 5.74) is 5.97. The number of carboxylic acid groups (broad SMARTS) is 1. The standard InChI is InChI=1S/C20H38N4O5/c1-8-12(6)15(21)18(26)23-14(9-10(2)3)17(25)24-16(11(4)5)19(27)22-13(7)20(28)29/h10-16H,8-9,21H2,1-7H3,(H,22,27)(H,23,26)(H,24,25)(H,28,29). The summed E-state index contributed by atoms with van der Waals surface area (Å²) in [7, 11) is 0. The van der Waals surface area contributed by atoms with Crippen LogP contribution >= 0.6 is 0 Å². The molecule has 0 saturated heterocycles. The third kappa shape index (κ3) is 9.25. The molecular formula is C20H38N4O5. The van der Waals surface area contributed by atoms with Gasteiger partial charge in [0, 0.05) is 0 Å². The molecule has 9 nitrogen and oxygen atoms in total. The predicted octanol–water partition coefficient (Wildman–Crippen LogP) is 0.621. The maximum Gasteiger partial charge on any atom is 0.325 e. The fourth-order valence-corrected chi connectivity index (χ4v) is 2.64. The topological polar surface area (TPSA) is 151 Å². The van der Waals surface area contributed by atoms with E-state index in [0.29, 0.717) is 6.42 Å². The van der Waals surface area contributed by atoms with Crippen molar-refractivity contribution in [1.29, 1.82) is 0 Å². The molecule has 0 rings (SSSR count). The Morgan fingerprint density at radius 1 is 0.862 bits per heavy atom. The summed E-state index contributed by atoms with van der Waals surface area (Å²) < 4.78 is 0. The first-order valence-electron chi connectivity index (χ1n) is 10.2. The zero-order chi connectivity index (χ0) is 22.9. The Kier molecular flexibility index (Phi) is 11.5. The lowest BCUT2D eigenvalue weighted by molar-refractivity contribution is -0.142. The quantitative estimate of drug-likeness (QED) is 0.316. The number of rotatable bonds is 12. The van der Waals surface area contributed by atoms with E-state index in [0.717, 1.165) is 6.42 Å². The summed E-state index contributed by atoms with van der Waals surface area (Å²) in [4.78, 5) is 48.7. The van der Waals surface area contributed by atoms with Crippen LogP contribution in [0.2, 0.25) is 0 Å². The number of hydrogen-bond acceptors (Lipinski definition) is 5. The van der Waals surface area contributed by atoms with Gasteiger partial charge in [-0.05, 0) is 31.1 Å². The summed E-state index contributed by atoms with van der Waals surface area (Å²) in [5, 5.41) is 16.7. The summed E-state index contributed by atoms with van der Waals surface area (Å²) >= 11 is 0. The van der Waals surface area contributed by atoms with Gasteiger partial charge in [-0.15, -0.1) is 0 Å². The third-order valence-corrected chi connectivity index (χ3v) is 4.88. The molecule has 29 heavy (non-hydrogen) atoms. The first-order valence-corrected chi connectivity index (χ1v) is 10.2. The van der Waals surface area contributed by atoms with Crippen LogP contribution in [-0.4, -0.2) is 53.0 Å². The molecule has 0 saturated carbocycles. The second-order valence-corrected chi connectivity index (χ2v) is 8.40. The van der Waals surface area contributed by atoms with Gasteiger partial charge in [0.05, 0.1) is 6.04 Å². The molecule has 0 fully saturated rings. The second-order valence-electron chi connectivity index (χ2n) is 8.40. The second kappa shape index (κ2) is 12.4. The van der Waals surface area contributed by atoms with Gasteiger partial charge in [-0.3, -0.25) is 19.2 Å². The van der Waals surface area contributed by atoms with Crippen LogP contribution in [0.5, 0.6) is 0 Å². The maximum absolute atomic E-state index is 12.9. The van der Waals surface area contributed by atoms with Crippen molar-refractivity contribution in [2.24, 2.45) is 23.5 Å². The third-order valence-electron chi connectivity index (χ3n) is 4.88. The average molecular weight is 415 g/mol. The molecule has 0 aliphatic heterocycles. The number of carbonyl (C=O) groups excluding carboxylic acids is 3. The van der Waals surface area contributed by atoms with E-state index in [-0.39, 0.29) is 17.8 Å². The lowest BCUT2D eigenvalue weighted by Gasteiger charge is -2.28. The molecule has 0 bridgehead atoms. The fraction of sp³-hybridized carbons (Fsp3) is 0.800. The summed E-state index contributed by atoms with van der Waals surface area (Å²) in [6.45, 7) is 12.5. The van der Waals surface area contributed by atoms with Crippen LogP contribution in [-0.2, 0) is 19.2 Å². The minimum atomic E-state index is -1.17.